The Kier molecular flexibility index (Phi) is 5.08. The molecule has 4 rings (SSSR count). The number of hydrogen-bond donors (Lipinski definition) is 2. The third-order valence-corrected chi connectivity index (χ3v) is 5.37. The van der Waals surface area contributed by atoms with Gasteiger partial charge in [-0.15, -0.1) is 0 Å². The molecule has 2 aromatic heterocycles. The normalized spacial score (nSPS) is 10.9. The molecule has 0 amide bonds. The van der Waals surface area contributed by atoms with Gasteiger partial charge in [-0.3, -0.25) is 4.98 Å². The van der Waals surface area contributed by atoms with E-state index in [0.717, 1.165) is 45.0 Å². The van der Waals surface area contributed by atoms with Crippen molar-refractivity contribution in [2.75, 3.05) is 18.2 Å². The minimum atomic E-state index is 0.534. The molecule has 0 fully saturated rings. The van der Waals surface area contributed by atoms with E-state index in [1.54, 1.807) is 19.5 Å². The highest BCUT2D eigenvalue weighted by Crippen LogP contribution is 2.32. The Bertz CT molecular complexity index is 1120. The van der Waals surface area contributed by atoms with Crippen molar-refractivity contribution in [2.45, 2.75) is 19.9 Å². The number of nitrogens with one attached hydrogen (secondary N) is 1. The molecule has 0 saturated heterocycles. The summed E-state index contributed by atoms with van der Waals surface area (Å²) in [4.78, 5) is 13.4. The number of thiazole rings is 1. The van der Waals surface area contributed by atoms with E-state index in [0.29, 0.717) is 11.7 Å². The van der Waals surface area contributed by atoms with Gasteiger partial charge in [0, 0.05) is 12.1 Å². The Morgan fingerprint density at radius 2 is 2.00 bits per heavy atom. The first kappa shape index (κ1) is 18.2. The number of hydrogen-bond acceptors (Lipinski definition) is 7. The van der Waals surface area contributed by atoms with E-state index in [4.69, 9.17) is 15.5 Å². The first-order valence-corrected chi connectivity index (χ1v) is 9.86. The van der Waals surface area contributed by atoms with Crippen LogP contribution in [0.2, 0.25) is 0 Å². The van der Waals surface area contributed by atoms with Gasteiger partial charge in [0.1, 0.15) is 17.1 Å². The van der Waals surface area contributed by atoms with Crippen LogP contribution in [0, 0.1) is 0 Å². The van der Waals surface area contributed by atoms with Crippen molar-refractivity contribution in [1.29, 1.82) is 0 Å². The van der Waals surface area contributed by atoms with E-state index in [2.05, 4.69) is 40.4 Å². The maximum Gasteiger partial charge on any atom is 0.181 e. The number of anilines is 2. The Balaban J connectivity index is 1.58. The second kappa shape index (κ2) is 7.82. The highest BCUT2D eigenvalue weighted by Gasteiger charge is 2.10. The maximum atomic E-state index is 5.84. The lowest BCUT2D eigenvalue weighted by Crippen LogP contribution is -2.03. The number of fused-ring (bicyclic) bond motifs is 1. The average Bonchev–Trinajstić information content (AvgIpc) is 3.12. The lowest BCUT2D eigenvalue weighted by atomic mass is 10.0. The second-order valence-corrected chi connectivity index (χ2v) is 7.41. The van der Waals surface area contributed by atoms with E-state index in [9.17, 15) is 0 Å². The molecule has 2 heterocycles. The summed E-state index contributed by atoms with van der Waals surface area (Å²) in [5.74, 6) is 1.45. The van der Waals surface area contributed by atoms with Crippen LogP contribution in [0.4, 0.5) is 10.9 Å². The molecule has 0 radical (unpaired) electrons. The van der Waals surface area contributed by atoms with Crippen LogP contribution in [-0.4, -0.2) is 22.1 Å². The van der Waals surface area contributed by atoms with Crippen LogP contribution < -0.4 is 15.8 Å². The summed E-state index contributed by atoms with van der Waals surface area (Å²) >= 11 is 1.45. The van der Waals surface area contributed by atoms with Gasteiger partial charge in [0.25, 0.3) is 0 Å². The summed E-state index contributed by atoms with van der Waals surface area (Å²) in [5.41, 5.74) is 10.9. The number of nitrogens with zero attached hydrogens (tertiary/aromatic N) is 3. The number of nitrogen functional groups attached to an aromatic ring is 1. The zero-order valence-electron chi connectivity index (χ0n) is 15.8. The second-order valence-electron chi connectivity index (χ2n) is 6.35. The summed E-state index contributed by atoms with van der Waals surface area (Å²) in [6.07, 6.45) is 4.49. The molecule has 142 valence electrons. The third kappa shape index (κ3) is 3.61. The van der Waals surface area contributed by atoms with Gasteiger partial charge >= 0.3 is 0 Å². The van der Waals surface area contributed by atoms with E-state index in [-0.39, 0.29) is 0 Å². The van der Waals surface area contributed by atoms with Crippen molar-refractivity contribution in [3.05, 3.63) is 59.9 Å². The molecule has 7 heteroatoms. The van der Waals surface area contributed by atoms with Gasteiger partial charge in [0.05, 0.1) is 29.9 Å². The quantitative estimate of drug-likeness (QED) is 0.503. The first-order chi connectivity index (χ1) is 13.7. The Morgan fingerprint density at radius 1 is 1.14 bits per heavy atom. The van der Waals surface area contributed by atoms with Gasteiger partial charge in [0.15, 0.2) is 5.13 Å². The van der Waals surface area contributed by atoms with Crippen molar-refractivity contribution in [2.24, 2.45) is 0 Å². The fourth-order valence-corrected chi connectivity index (χ4v) is 4.00. The van der Waals surface area contributed by atoms with E-state index < -0.39 is 0 Å². The summed E-state index contributed by atoms with van der Waals surface area (Å²) in [6.45, 7) is 2.74. The minimum Gasteiger partial charge on any atom is -0.494 e. The molecular formula is C21H21N5OS. The molecule has 28 heavy (non-hydrogen) atoms. The molecule has 0 saturated carbocycles. The van der Waals surface area contributed by atoms with Crippen LogP contribution in [0.25, 0.3) is 21.5 Å². The zero-order chi connectivity index (χ0) is 19.5. The molecule has 6 nitrogen and oxygen atoms in total. The molecule has 0 aliphatic rings. The molecule has 0 aliphatic heterocycles. The van der Waals surface area contributed by atoms with Crippen LogP contribution >= 0.6 is 11.3 Å². The van der Waals surface area contributed by atoms with E-state index in [1.807, 2.05) is 18.2 Å². The van der Waals surface area contributed by atoms with E-state index in [1.165, 1.54) is 16.9 Å². The van der Waals surface area contributed by atoms with Gasteiger partial charge in [-0.2, -0.15) is 0 Å². The first-order valence-electron chi connectivity index (χ1n) is 9.05. The SMILES string of the molecule is CCc1ccccc1-c1cncc(NCc2cc(OC)c3nc(N)sc3c2)n1. The molecular weight excluding hydrogens is 370 g/mol. The molecule has 0 unspecified atom stereocenters. The maximum absolute atomic E-state index is 5.84. The highest BCUT2D eigenvalue weighted by atomic mass is 32.1. The molecule has 0 atom stereocenters. The molecule has 0 bridgehead atoms. The number of benzene rings is 2. The summed E-state index contributed by atoms with van der Waals surface area (Å²) in [5, 5.41) is 3.89. The van der Waals surface area contributed by atoms with Crippen molar-refractivity contribution in [3.63, 3.8) is 0 Å². The number of aryl methyl sites for hydroxylation is 1. The van der Waals surface area contributed by atoms with Crippen LogP contribution in [0.5, 0.6) is 5.75 Å². The summed E-state index contributed by atoms with van der Waals surface area (Å²) in [7, 11) is 1.64. The Labute approximate surface area is 167 Å². The van der Waals surface area contributed by atoms with Gasteiger partial charge < -0.3 is 15.8 Å². The van der Waals surface area contributed by atoms with Crippen molar-refractivity contribution in [1.82, 2.24) is 15.0 Å². The smallest absolute Gasteiger partial charge is 0.181 e. The lowest BCUT2D eigenvalue weighted by Gasteiger charge is -2.10. The molecule has 0 spiro atoms. The molecule has 2 aromatic carbocycles. The lowest BCUT2D eigenvalue weighted by molar-refractivity contribution is 0.418. The van der Waals surface area contributed by atoms with Gasteiger partial charge in [-0.05, 0) is 29.7 Å². The molecule has 4 aromatic rings. The van der Waals surface area contributed by atoms with Crippen LogP contribution in [0.15, 0.2) is 48.8 Å². The monoisotopic (exact) mass is 391 g/mol. The van der Waals surface area contributed by atoms with Crippen LogP contribution in [-0.2, 0) is 13.0 Å². The zero-order valence-corrected chi connectivity index (χ0v) is 16.6. The third-order valence-electron chi connectivity index (χ3n) is 4.54. The summed E-state index contributed by atoms with van der Waals surface area (Å²) < 4.78 is 6.47. The number of nitrogens with two attached hydrogens (primary N) is 1. The number of methoxy groups -OCH3 is 1. The Morgan fingerprint density at radius 3 is 2.82 bits per heavy atom. The van der Waals surface area contributed by atoms with Crippen LogP contribution in [0.3, 0.4) is 0 Å². The van der Waals surface area contributed by atoms with E-state index >= 15 is 0 Å². The minimum absolute atomic E-state index is 0.534. The van der Waals surface area contributed by atoms with Gasteiger partial charge in [-0.25, -0.2) is 9.97 Å². The van der Waals surface area contributed by atoms with Crippen molar-refractivity contribution < 1.29 is 4.74 Å². The molecule has 3 N–H and O–H groups in total. The fraction of sp³-hybridized carbons (Fsp3) is 0.190. The highest BCUT2D eigenvalue weighted by molar-refractivity contribution is 7.22. The van der Waals surface area contributed by atoms with Crippen LogP contribution in [0.1, 0.15) is 18.1 Å². The van der Waals surface area contributed by atoms with Crippen molar-refractivity contribution >= 4 is 32.5 Å². The Hall–Kier alpha value is -3.19. The largest absolute Gasteiger partial charge is 0.494 e. The topological polar surface area (TPSA) is 86.0 Å². The molecule has 0 aliphatic carbocycles. The number of ether oxygens (including phenoxy) is 1. The van der Waals surface area contributed by atoms with Crippen molar-refractivity contribution in [3.8, 4) is 17.0 Å². The number of aromatic nitrogens is 3. The predicted molar refractivity (Wildman–Crippen MR) is 115 cm³/mol. The number of rotatable bonds is 6. The summed E-state index contributed by atoms with van der Waals surface area (Å²) in [6, 6.07) is 12.3. The standard InChI is InChI=1S/C21H21N5OS/c1-3-14-6-4-5-7-15(14)16-11-23-12-19(25-16)24-10-13-8-17(27-2)20-18(9-13)28-21(22)26-20/h4-9,11-12H,3,10H2,1-2H3,(H2,22,26)(H,24,25). The van der Waals surface area contributed by atoms with Gasteiger partial charge in [-0.1, -0.05) is 42.5 Å². The van der Waals surface area contributed by atoms with Gasteiger partial charge in [0.2, 0.25) is 0 Å². The predicted octanol–water partition coefficient (Wildman–Crippen LogP) is 4.52. The fourth-order valence-electron chi connectivity index (χ4n) is 3.18. The average molecular weight is 392 g/mol.